The summed E-state index contributed by atoms with van der Waals surface area (Å²) in [5.41, 5.74) is 0. The summed E-state index contributed by atoms with van der Waals surface area (Å²) in [7, 11) is 0. The third-order valence-corrected chi connectivity index (χ3v) is 4.63. The number of nitrogens with zero attached hydrogens (tertiary/aromatic N) is 4. The molecule has 8 heteroatoms. The van der Waals surface area contributed by atoms with Crippen LogP contribution in [0.25, 0.3) is 0 Å². The minimum absolute atomic E-state index is 0.0868. The maximum Gasteiger partial charge on any atom is 0.191 e. The van der Waals surface area contributed by atoms with Crippen molar-refractivity contribution in [2.75, 3.05) is 13.1 Å². The number of aliphatic imine (C=N–C) groups is 1. The quantitative estimate of drug-likeness (QED) is 0.585. The van der Waals surface area contributed by atoms with Gasteiger partial charge in [0.25, 0.3) is 0 Å². The van der Waals surface area contributed by atoms with E-state index >= 15 is 0 Å². The number of nitrogens with one attached hydrogen (secondary N) is 2. The lowest BCUT2D eigenvalue weighted by atomic mass is 10.1. The van der Waals surface area contributed by atoms with Crippen LogP contribution in [0, 0.1) is 6.92 Å². The van der Waals surface area contributed by atoms with Crippen molar-refractivity contribution in [2.45, 2.75) is 52.3 Å². The van der Waals surface area contributed by atoms with E-state index in [-0.39, 0.29) is 12.1 Å². The number of guanidine groups is 1. The number of rotatable bonds is 6. The fourth-order valence-electron chi connectivity index (χ4n) is 3.08. The van der Waals surface area contributed by atoms with Crippen molar-refractivity contribution >= 4 is 17.6 Å². The van der Waals surface area contributed by atoms with E-state index in [0.29, 0.717) is 17.3 Å². The van der Waals surface area contributed by atoms with Gasteiger partial charge in [-0.05, 0) is 39.3 Å². The molecule has 27 heavy (non-hydrogen) atoms. The van der Waals surface area contributed by atoms with Crippen molar-refractivity contribution in [3.8, 4) is 5.75 Å². The molecule has 0 aliphatic carbocycles. The Bertz CT molecular complexity index is 790. The molecule has 0 radical (unpaired) electrons. The summed E-state index contributed by atoms with van der Waals surface area (Å²) in [6.07, 6.45) is 1.84. The number of aryl methyl sites for hydroxylation is 2. The molecule has 0 bridgehead atoms. The fourth-order valence-corrected chi connectivity index (χ4v) is 3.26. The average Bonchev–Trinajstić information content (AvgIpc) is 3.01. The van der Waals surface area contributed by atoms with Crippen LogP contribution in [0.5, 0.6) is 5.75 Å². The van der Waals surface area contributed by atoms with E-state index < -0.39 is 0 Å². The first-order chi connectivity index (χ1) is 13.0. The van der Waals surface area contributed by atoms with Gasteiger partial charge in [-0.25, -0.2) is 14.7 Å². The first kappa shape index (κ1) is 19.5. The molecule has 7 nitrogen and oxygen atoms in total. The van der Waals surface area contributed by atoms with Crippen molar-refractivity contribution in [1.29, 1.82) is 0 Å². The zero-order valence-electron chi connectivity index (χ0n) is 16.1. The highest BCUT2D eigenvalue weighted by atomic mass is 35.5. The van der Waals surface area contributed by atoms with Crippen molar-refractivity contribution < 1.29 is 4.74 Å². The molecule has 2 heterocycles. The average molecular weight is 391 g/mol. The Morgan fingerprint density at radius 2 is 2.26 bits per heavy atom. The second kappa shape index (κ2) is 9.08. The van der Waals surface area contributed by atoms with Crippen LogP contribution in [0.2, 0.25) is 5.02 Å². The summed E-state index contributed by atoms with van der Waals surface area (Å²) >= 11 is 6.15. The Labute approximate surface area is 165 Å². The van der Waals surface area contributed by atoms with Crippen LogP contribution in [0.15, 0.2) is 29.3 Å². The van der Waals surface area contributed by atoms with E-state index in [2.05, 4.69) is 32.6 Å². The normalized spacial score (nSPS) is 17.9. The van der Waals surface area contributed by atoms with E-state index in [1.165, 1.54) is 0 Å². The molecule has 0 fully saturated rings. The molecule has 2 unspecified atom stereocenters. The molecule has 3 rings (SSSR count). The molecule has 1 aliphatic rings. The van der Waals surface area contributed by atoms with Crippen molar-refractivity contribution in [3.63, 3.8) is 0 Å². The summed E-state index contributed by atoms with van der Waals surface area (Å²) in [5, 5.41) is 11.9. The Morgan fingerprint density at radius 1 is 1.44 bits per heavy atom. The molecule has 0 spiro atoms. The molecule has 1 aromatic heterocycles. The lowest BCUT2D eigenvalue weighted by Gasteiger charge is -2.25. The molecule has 1 aliphatic heterocycles. The van der Waals surface area contributed by atoms with Gasteiger partial charge < -0.3 is 15.4 Å². The van der Waals surface area contributed by atoms with Gasteiger partial charge in [0.1, 0.15) is 23.5 Å². The lowest BCUT2D eigenvalue weighted by molar-refractivity contribution is 0.230. The minimum Gasteiger partial charge on any atom is -0.487 e. The van der Waals surface area contributed by atoms with Gasteiger partial charge in [0.2, 0.25) is 0 Å². The fraction of sp³-hybridized carbons (Fsp3) is 0.526. The topological polar surface area (TPSA) is 76.4 Å². The van der Waals surface area contributed by atoms with Crippen LogP contribution in [0.1, 0.15) is 31.9 Å². The molecule has 2 aromatic rings. The minimum atomic E-state index is -0.0868. The van der Waals surface area contributed by atoms with Gasteiger partial charge in [-0.3, -0.25) is 0 Å². The number of aromatic nitrogens is 3. The van der Waals surface area contributed by atoms with Crippen LogP contribution < -0.4 is 15.4 Å². The Morgan fingerprint density at radius 3 is 3.04 bits per heavy atom. The van der Waals surface area contributed by atoms with E-state index in [1.54, 1.807) is 0 Å². The molecular weight excluding hydrogens is 364 g/mol. The molecule has 2 N–H and O–H groups in total. The van der Waals surface area contributed by atoms with Crippen LogP contribution in [-0.4, -0.2) is 46.0 Å². The number of ether oxygens (including phenoxy) is 1. The van der Waals surface area contributed by atoms with Crippen molar-refractivity contribution in [3.05, 3.63) is 40.9 Å². The molecule has 0 saturated carbocycles. The van der Waals surface area contributed by atoms with Gasteiger partial charge in [0.05, 0.1) is 18.1 Å². The van der Waals surface area contributed by atoms with Gasteiger partial charge in [0.15, 0.2) is 5.96 Å². The molecule has 1 aromatic carbocycles. The number of fused-ring (bicyclic) bond motifs is 1. The summed E-state index contributed by atoms with van der Waals surface area (Å²) in [5.74, 6) is 3.37. The second-order valence-electron chi connectivity index (χ2n) is 6.72. The first-order valence-electron chi connectivity index (χ1n) is 9.41. The van der Waals surface area contributed by atoms with Gasteiger partial charge in [-0.15, -0.1) is 0 Å². The van der Waals surface area contributed by atoms with E-state index in [4.69, 9.17) is 16.3 Å². The Hall–Kier alpha value is -2.28. The monoisotopic (exact) mass is 390 g/mol. The number of benzene rings is 1. The first-order valence-corrected chi connectivity index (χ1v) is 9.79. The van der Waals surface area contributed by atoms with E-state index in [9.17, 15) is 0 Å². The highest BCUT2D eigenvalue weighted by Gasteiger charge is 2.21. The standard InChI is InChI=1S/C19H27ClN6O/c1-4-21-19(22-11-13(2)27-17-8-6-5-7-16(17)20)24-15-9-10-18-23-14(3)25-26(18)12-15/h5-8,13,15H,4,9-12H2,1-3H3,(H2,21,22,24). The zero-order chi connectivity index (χ0) is 19.2. The van der Waals surface area contributed by atoms with Gasteiger partial charge >= 0.3 is 0 Å². The zero-order valence-corrected chi connectivity index (χ0v) is 16.8. The second-order valence-corrected chi connectivity index (χ2v) is 7.12. The smallest absolute Gasteiger partial charge is 0.191 e. The number of para-hydroxylation sites is 1. The highest BCUT2D eigenvalue weighted by molar-refractivity contribution is 6.32. The summed E-state index contributed by atoms with van der Waals surface area (Å²) in [6, 6.07) is 7.76. The third-order valence-electron chi connectivity index (χ3n) is 4.32. The van der Waals surface area contributed by atoms with Gasteiger partial charge in [-0.1, -0.05) is 23.7 Å². The Balaban J connectivity index is 1.57. The summed E-state index contributed by atoms with van der Waals surface area (Å²) < 4.78 is 7.89. The van der Waals surface area contributed by atoms with Gasteiger partial charge in [-0.2, -0.15) is 5.10 Å². The highest BCUT2D eigenvalue weighted by Crippen LogP contribution is 2.24. The van der Waals surface area contributed by atoms with Crippen LogP contribution in [0.3, 0.4) is 0 Å². The van der Waals surface area contributed by atoms with Crippen LogP contribution >= 0.6 is 11.6 Å². The van der Waals surface area contributed by atoms with Crippen molar-refractivity contribution in [1.82, 2.24) is 25.4 Å². The molecule has 146 valence electrons. The predicted octanol–water partition coefficient (Wildman–Crippen LogP) is 2.58. The SMILES string of the molecule is CCNC(=NCC(C)Oc1ccccc1Cl)NC1CCc2nc(C)nn2C1. The lowest BCUT2D eigenvalue weighted by Crippen LogP contribution is -2.47. The Kier molecular flexibility index (Phi) is 6.55. The molecule has 2 atom stereocenters. The number of halogens is 1. The summed E-state index contributed by atoms with van der Waals surface area (Å²) in [4.78, 5) is 9.13. The third kappa shape index (κ3) is 5.35. The van der Waals surface area contributed by atoms with Gasteiger partial charge in [0, 0.05) is 19.0 Å². The largest absolute Gasteiger partial charge is 0.487 e. The van der Waals surface area contributed by atoms with Crippen LogP contribution in [0.4, 0.5) is 0 Å². The van der Waals surface area contributed by atoms with Crippen molar-refractivity contribution in [2.24, 2.45) is 4.99 Å². The maximum absolute atomic E-state index is 6.15. The predicted molar refractivity (Wildman–Crippen MR) is 108 cm³/mol. The molecule has 0 amide bonds. The summed E-state index contributed by atoms with van der Waals surface area (Å²) in [6.45, 7) is 8.10. The number of hydrogen-bond donors (Lipinski definition) is 2. The maximum atomic E-state index is 6.15. The molecule has 0 saturated heterocycles. The number of hydrogen-bond acceptors (Lipinski definition) is 4. The van der Waals surface area contributed by atoms with Crippen LogP contribution in [-0.2, 0) is 13.0 Å². The van der Waals surface area contributed by atoms with E-state index in [0.717, 1.165) is 43.5 Å². The van der Waals surface area contributed by atoms with E-state index in [1.807, 2.05) is 42.8 Å². The molecular formula is C19H27ClN6O.